The van der Waals surface area contributed by atoms with Crippen LogP contribution >= 0.6 is 23.1 Å². The van der Waals surface area contributed by atoms with Crippen molar-refractivity contribution in [3.8, 4) is 0 Å². The zero-order valence-electron chi connectivity index (χ0n) is 14.9. The van der Waals surface area contributed by atoms with Crippen LogP contribution in [0.5, 0.6) is 0 Å². The maximum atomic E-state index is 12.3. The van der Waals surface area contributed by atoms with Crippen molar-refractivity contribution in [1.82, 2.24) is 4.57 Å². The molecule has 5 nitrogen and oxygen atoms in total. The van der Waals surface area contributed by atoms with Crippen molar-refractivity contribution in [3.05, 3.63) is 45.2 Å². The van der Waals surface area contributed by atoms with Crippen molar-refractivity contribution in [3.63, 3.8) is 0 Å². The molecule has 25 heavy (non-hydrogen) atoms. The standard InChI is InChI=1S/C18H22N2O3S2/c1-5-23-17(22)16-12(3)20(4)18(25-16)19-15(21)11-13-7-9-14(10-8-13)24-6-2/h7-10H,5-6,11H2,1-4H3. The van der Waals surface area contributed by atoms with Crippen LogP contribution in [0.4, 0.5) is 0 Å². The normalized spacial score (nSPS) is 11.6. The lowest BCUT2D eigenvalue weighted by molar-refractivity contribution is -0.117. The average molecular weight is 379 g/mol. The zero-order chi connectivity index (χ0) is 18.4. The highest BCUT2D eigenvalue weighted by Gasteiger charge is 2.16. The number of carbonyl (C=O) groups excluding carboxylic acids is 2. The van der Waals surface area contributed by atoms with Gasteiger partial charge < -0.3 is 9.30 Å². The third-order valence-corrected chi connectivity index (χ3v) is 5.69. The maximum absolute atomic E-state index is 12.3. The van der Waals surface area contributed by atoms with Gasteiger partial charge in [-0.1, -0.05) is 30.4 Å². The molecule has 0 aliphatic carbocycles. The van der Waals surface area contributed by atoms with Gasteiger partial charge in [0.15, 0.2) is 4.80 Å². The number of nitrogens with zero attached hydrogens (tertiary/aromatic N) is 2. The van der Waals surface area contributed by atoms with Crippen LogP contribution in [-0.2, 0) is 23.0 Å². The van der Waals surface area contributed by atoms with Crippen LogP contribution in [0.15, 0.2) is 34.2 Å². The molecule has 0 N–H and O–H groups in total. The van der Waals surface area contributed by atoms with E-state index in [0.717, 1.165) is 17.0 Å². The molecule has 0 bridgehead atoms. The minimum absolute atomic E-state index is 0.233. The number of hydrogen-bond acceptors (Lipinski definition) is 5. The second kappa shape index (κ2) is 9.01. The van der Waals surface area contributed by atoms with Crippen molar-refractivity contribution in [2.75, 3.05) is 12.4 Å². The monoisotopic (exact) mass is 378 g/mol. The number of esters is 1. The molecule has 0 spiro atoms. The highest BCUT2D eigenvalue weighted by atomic mass is 32.2. The summed E-state index contributed by atoms with van der Waals surface area (Å²) in [6.45, 7) is 6.00. The highest BCUT2D eigenvalue weighted by molar-refractivity contribution is 7.99. The Hall–Kier alpha value is -1.86. The summed E-state index contributed by atoms with van der Waals surface area (Å²) in [7, 11) is 1.79. The first-order chi connectivity index (χ1) is 12.0. The van der Waals surface area contributed by atoms with Crippen molar-refractivity contribution < 1.29 is 14.3 Å². The molecule has 2 rings (SSSR count). The van der Waals surface area contributed by atoms with E-state index in [9.17, 15) is 9.59 Å². The Morgan fingerprint density at radius 3 is 2.52 bits per heavy atom. The molecule has 1 aromatic carbocycles. The Balaban J connectivity index is 2.18. The minimum atomic E-state index is -0.376. The Morgan fingerprint density at radius 1 is 1.24 bits per heavy atom. The molecule has 0 atom stereocenters. The average Bonchev–Trinajstić information content (AvgIpc) is 2.85. The number of aromatic nitrogens is 1. The summed E-state index contributed by atoms with van der Waals surface area (Å²) in [4.78, 5) is 30.5. The van der Waals surface area contributed by atoms with Crippen LogP contribution in [0.3, 0.4) is 0 Å². The summed E-state index contributed by atoms with van der Waals surface area (Å²) in [6.07, 6.45) is 0.239. The predicted molar refractivity (Wildman–Crippen MR) is 101 cm³/mol. The van der Waals surface area contributed by atoms with E-state index in [1.807, 2.05) is 31.2 Å². The van der Waals surface area contributed by atoms with E-state index in [2.05, 4.69) is 11.9 Å². The first-order valence-corrected chi connectivity index (χ1v) is 9.89. The Morgan fingerprint density at radius 2 is 1.92 bits per heavy atom. The van der Waals surface area contributed by atoms with E-state index >= 15 is 0 Å². The fourth-order valence-electron chi connectivity index (χ4n) is 2.20. The van der Waals surface area contributed by atoms with Gasteiger partial charge in [0, 0.05) is 17.6 Å². The van der Waals surface area contributed by atoms with Gasteiger partial charge in [-0.15, -0.1) is 11.8 Å². The van der Waals surface area contributed by atoms with Crippen LogP contribution in [0.2, 0.25) is 0 Å². The van der Waals surface area contributed by atoms with Gasteiger partial charge in [-0.3, -0.25) is 4.79 Å². The molecule has 2 aromatic rings. The van der Waals surface area contributed by atoms with Crippen LogP contribution < -0.4 is 4.80 Å². The van der Waals surface area contributed by atoms with Crippen molar-refractivity contribution in [2.24, 2.45) is 12.0 Å². The molecule has 0 unspecified atom stereocenters. The fraction of sp³-hybridized carbons (Fsp3) is 0.389. The number of ether oxygens (including phenoxy) is 1. The number of rotatable bonds is 6. The van der Waals surface area contributed by atoms with Gasteiger partial charge in [-0.05, 0) is 37.3 Å². The highest BCUT2D eigenvalue weighted by Crippen LogP contribution is 2.18. The van der Waals surface area contributed by atoms with Crippen LogP contribution in [0.1, 0.15) is 34.8 Å². The van der Waals surface area contributed by atoms with Gasteiger partial charge in [0.1, 0.15) is 4.88 Å². The number of carbonyl (C=O) groups is 2. The Kier molecular flexibility index (Phi) is 7.01. The molecule has 0 saturated heterocycles. The lowest BCUT2D eigenvalue weighted by Crippen LogP contribution is -2.15. The SMILES string of the molecule is CCOC(=O)c1sc(=NC(=O)Cc2ccc(SCC)cc2)n(C)c1C. The summed E-state index contributed by atoms with van der Waals surface area (Å²) in [5.74, 6) is 0.409. The van der Waals surface area contributed by atoms with Crippen LogP contribution in [-0.4, -0.2) is 28.8 Å². The summed E-state index contributed by atoms with van der Waals surface area (Å²) in [5.41, 5.74) is 1.67. The summed E-state index contributed by atoms with van der Waals surface area (Å²) >= 11 is 2.94. The minimum Gasteiger partial charge on any atom is -0.462 e. The number of hydrogen-bond donors (Lipinski definition) is 0. The Bertz CT molecular complexity index is 820. The Labute approximate surface area is 155 Å². The molecule has 1 heterocycles. The molecule has 7 heteroatoms. The molecule has 0 fully saturated rings. The van der Waals surface area contributed by atoms with E-state index in [1.165, 1.54) is 16.2 Å². The smallest absolute Gasteiger partial charge is 0.350 e. The molecule has 134 valence electrons. The van der Waals surface area contributed by atoms with E-state index in [-0.39, 0.29) is 18.3 Å². The molecule has 0 aliphatic rings. The van der Waals surface area contributed by atoms with Crippen molar-refractivity contribution in [2.45, 2.75) is 32.1 Å². The molecule has 1 amide bonds. The molecule has 0 saturated carbocycles. The van der Waals surface area contributed by atoms with Gasteiger partial charge in [-0.2, -0.15) is 4.99 Å². The third kappa shape index (κ3) is 5.06. The number of amides is 1. The first kappa shape index (κ1) is 19.5. The van der Waals surface area contributed by atoms with Crippen molar-refractivity contribution >= 4 is 35.0 Å². The largest absolute Gasteiger partial charge is 0.462 e. The van der Waals surface area contributed by atoms with Crippen LogP contribution in [0.25, 0.3) is 0 Å². The van der Waals surface area contributed by atoms with Crippen LogP contribution in [0, 0.1) is 6.92 Å². The predicted octanol–water partition coefficient (Wildman–Crippen LogP) is 3.35. The van der Waals surface area contributed by atoms with Gasteiger partial charge in [0.25, 0.3) is 5.91 Å². The quantitative estimate of drug-likeness (QED) is 0.571. The van der Waals surface area contributed by atoms with E-state index in [4.69, 9.17) is 4.74 Å². The molecular weight excluding hydrogens is 356 g/mol. The van der Waals surface area contributed by atoms with E-state index < -0.39 is 0 Å². The second-order valence-electron chi connectivity index (χ2n) is 5.34. The lowest BCUT2D eigenvalue weighted by Gasteiger charge is -2.01. The van der Waals surface area contributed by atoms with Gasteiger partial charge >= 0.3 is 5.97 Å². The number of benzene rings is 1. The van der Waals surface area contributed by atoms with Crippen molar-refractivity contribution in [1.29, 1.82) is 0 Å². The summed E-state index contributed by atoms with van der Waals surface area (Å²) in [5, 5.41) is 0. The third-order valence-electron chi connectivity index (χ3n) is 3.58. The maximum Gasteiger partial charge on any atom is 0.350 e. The van der Waals surface area contributed by atoms with Gasteiger partial charge in [-0.25, -0.2) is 4.79 Å². The summed E-state index contributed by atoms with van der Waals surface area (Å²) < 4.78 is 6.78. The number of thiazole rings is 1. The molecule has 1 aromatic heterocycles. The molecule has 0 aliphatic heterocycles. The van der Waals surface area contributed by atoms with E-state index in [1.54, 1.807) is 30.3 Å². The topological polar surface area (TPSA) is 60.7 Å². The van der Waals surface area contributed by atoms with Gasteiger partial charge in [0.2, 0.25) is 0 Å². The van der Waals surface area contributed by atoms with E-state index in [0.29, 0.717) is 16.3 Å². The molecular formula is C18H22N2O3S2. The summed E-state index contributed by atoms with van der Waals surface area (Å²) in [6, 6.07) is 7.94. The van der Waals surface area contributed by atoms with Gasteiger partial charge in [0.05, 0.1) is 13.0 Å². The fourth-order valence-corrected chi connectivity index (χ4v) is 3.90. The number of thioether (sulfide) groups is 1. The second-order valence-corrected chi connectivity index (χ2v) is 7.65. The molecule has 0 radical (unpaired) electrons. The lowest BCUT2D eigenvalue weighted by atomic mass is 10.1. The zero-order valence-corrected chi connectivity index (χ0v) is 16.5. The first-order valence-electron chi connectivity index (χ1n) is 8.09.